The van der Waals surface area contributed by atoms with Gasteiger partial charge in [-0.1, -0.05) is 19.1 Å². The summed E-state index contributed by atoms with van der Waals surface area (Å²) in [7, 11) is 0. The summed E-state index contributed by atoms with van der Waals surface area (Å²) in [5.74, 6) is 1.15. The Morgan fingerprint density at radius 1 is 1.26 bits per heavy atom. The quantitative estimate of drug-likeness (QED) is 0.778. The molecule has 0 amide bonds. The van der Waals surface area contributed by atoms with Gasteiger partial charge in [0.15, 0.2) is 0 Å². The van der Waals surface area contributed by atoms with E-state index in [0.717, 1.165) is 6.42 Å². The molecule has 0 aliphatic rings. The molecule has 3 nitrogen and oxygen atoms in total. The topological polar surface area (TPSA) is 50.1 Å². The van der Waals surface area contributed by atoms with Crippen LogP contribution >= 0.6 is 0 Å². The summed E-state index contributed by atoms with van der Waals surface area (Å²) in [6.45, 7) is 2.07. The Balaban J connectivity index is 2.32. The molecule has 0 saturated heterocycles. The molecule has 0 unspecified atom stereocenters. The number of hydrogen-bond acceptors (Lipinski definition) is 3. The minimum atomic E-state index is 0.353. The highest BCUT2D eigenvalue weighted by molar-refractivity contribution is 5.76. The summed E-state index contributed by atoms with van der Waals surface area (Å²) in [6.07, 6.45) is 1.63. The molecule has 0 radical (unpaired) electrons. The van der Waals surface area contributed by atoms with Crippen molar-refractivity contribution in [3.05, 3.63) is 59.2 Å². The molecule has 2 aromatic rings. The fourth-order valence-corrected chi connectivity index (χ4v) is 1.75. The third kappa shape index (κ3) is 2.99. The molecule has 0 heterocycles. The number of aryl methyl sites for hydroxylation is 1. The van der Waals surface area contributed by atoms with Crippen LogP contribution in [0.5, 0.6) is 11.5 Å². The van der Waals surface area contributed by atoms with Crippen molar-refractivity contribution in [2.45, 2.75) is 13.3 Å². The molecule has 0 aromatic heterocycles. The van der Waals surface area contributed by atoms with Crippen molar-refractivity contribution in [2.75, 3.05) is 0 Å². The molecule has 0 atom stereocenters. The number of carbonyl (C=O) groups is 1. The van der Waals surface area contributed by atoms with E-state index in [2.05, 4.69) is 6.92 Å². The number of benzene rings is 2. The van der Waals surface area contributed by atoms with Gasteiger partial charge in [0.1, 0.15) is 23.9 Å². The van der Waals surface area contributed by atoms with Crippen LogP contribution in [0.25, 0.3) is 0 Å². The van der Waals surface area contributed by atoms with Crippen molar-refractivity contribution in [1.82, 2.24) is 0 Å². The van der Waals surface area contributed by atoms with E-state index in [1.54, 1.807) is 12.1 Å². The minimum absolute atomic E-state index is 0.353. The number of rotatable bonds is 4. The van der Waals surface area contributed by atoms with Crippen molar-refractivity contribution in [3.8, 4) is 17.6 Å². The van der Waals surface area contributed by atoms with Gasteiger partial charge in [-0.3, -0.25) is 4.79 Å². The third-order valence-corrected chi connectivity index (χ3v) is 2.79. The number of hydrogen-bond donors (Lipinski definition) is 0. The van der Waals surface area contributed by atoms with Crippen molar-refractivity contribution in [1.29, 1.82) is 5.26 Å². The Hall–Kier alpha value is -2.60. The van der Waals surface area contributed by atoms with Crippen LogP contribution in [0.4, 0.5) is 0 Å². The first-order chi connectivity index (χ1) is 9.26. The van der Waals surface area contributed by atoms with E-state index in [1.165, 1.54) is 11.6 Å². The molecule has 0 fully saturated rings. The Kier molecular flexibility index (Phi) is 3.94. The van der Waals surface area contributed by atoms with Crippen LogP contribution in [-0.4, -0.2) is 6.29 Å². The lowest BCUT2D eigenvalue weighted by Crippen LogP contribution is -1.91. The van der Waals surface area contributed by atoms with Crippen molar-refractivity contribution >= 4 is 6.29 Å². The fraction of sp³-hybridized carbons (Fsp3) is 0.125. The van der Waals surface area contributed by atoms with Gasteiger partial charge < -0.3 is 4.74 Å². The first kappa shape index (κ1) is 12.8. The summed E-state index contributed by atoms with van der Waals surface area (Å²) in [5, 5.41) is 9.07. The predicted molar refractivity (Wildman–Crippen MR) is 72.4 cm³/mol. The molecule has 0 bridgehead atoms. The molecule has 2 rings (SSSR count). The minimum Gasteiger partial charge on any atom is -0.456 e. The van der Waals surface area contributed by atoms with Crippen LogP contribution in [0.1, 0.15) is 28.4 Å². The normalized spacial score (nSPS) is 9.68. The molecule has 0 aliphatic carbocycles. The Morgan fingerprint density at radius 2 is 2.11 bits per heavy atom. The first-order valence-electron chi connectivity index (χ1n) is 6.03. The zero-order valence-corrected chi connectivity index (χ0v) is 10.6. The van der Waals surface area contributed by atoms with E-state index in [1.807, 2.05) is 30.3 Å². The fourth-order valence-electron chi connectivity index (χ4n) is 1.75. The highest BCUT2D eigenvalue weighted by Gasteiger charge is 2.06. The van der Waals surface area contributed by atoms with Gasteiger partial charge >= 0.3 is 0 Å². The second-order valence-electron chi connectivity index (χ2n) is 4.09. The second-order valence-corrected chi connectivity index (χ2v) is 4.09. The van der Waals surface area contributed by atoms with Gasteiger partial charge in [-0.25, -0.2) is 0 Å². The molecule has 0 saturated carbocycles. The number of nitriles is 1. The van der Waals surface area contributed by atoms with E-state index >= 15 is 0 Å². The number of carbonyl (C=O) groups excluding carboxylic acids is 1. The SMILES string of the molecule is CCc1cccc(Oc2ccc(C=O)cc2C#N)c1. The first-order valence-corrected chi connectivity index (χ1v) is 6.03. The smallest absolute Gasteiger partial charge is 0.150 e. The average Bonchev–Trinajstić information content (AvgIpc) is 2.48. The lowest BCUT2D eigenvalue weighted by molar-refractivity contribution is 0.112. The van der Waals surface area contributed by atoms with Crippen molar-refractivity contribution in [3.63, 3.8) is 0 Å². The summed E-state index contributed by atoms with van der Waals surface area (Å²) in [6, 6.07) is 14.5. The zero-order chi connectivity index (χ0) is 13.7. The standard InChI is InChI=1S/C16H13NO2/c1-2-12-4-3-5-15(9-12)19-16-7-6-13(11-18)8-14(16)10-17/h3-9,11H,2H2,1H3. The van der Waals surface area contributed by atoms with Gasteiger partial charge in [0.2, 0.25) is 0 Å². The third-order valence-electron chi connectivity index (χ3n) is 2.79. The van der Waals surface area contributed by atoms with Gasteiger partial charge in [-0.15, -0.1) is 0 Å². The summed E-state index contributed by atoms with van der Waals surface area (Å²) in [5.41, 5.74) is 1.98. The molecule has 0 spiro atoms. The highest BCUT2D eigenvalue weighted by Crippen LogP contribution is 2.26. The Labute approximate surface area is 112 Å². The van der Waals surface area contributed by atoms with Gasteiger partial charge in [0, 0.05) is 5.56 Å². The van der Waals surface area contributed by atoms with Crippen LogP contribution in [-0.2, 0) is 6.42 Å². The Bertz CT molecular complexity index is 641. The largest absolute Gasteiger partial charge is 0.456 e. The van der Waals surface area contributed by atoms with Crippen LogP contribution in [0.2, 0.25) is 0 Å². The van der Waals surface area contributed by atoms with E-state index in [0.29, 0.717) is 28.9 Å². The molecular formula is C16H13NO2. The van der Waals surface area contributed by atoms with Gasteiger partial charge in [-0.05, 0) is 42.3 Å². The molecular weight excluding hydrogens is 238 g/mol. The summed E-state index contributed by atoms with van der Waals surface area (Å²) < 4.78 is 5.70. The van der Waals surface area contributed by atoms with E-state index in [9.17, 15) is 4.79 Å². The second kappa shape index (κ2) is 5.83. The van der Waals surface area contributed by atoms with Gasteiger partial charge in [0.05, 0.1) is 5.56 Å². The van der Waals surface area contributed by atoms with Crippen molar-refractivity contribution < 1.29 is 9.53 Å². The maximum absolute atomic E-state index is 10.7. The molecule has 3 heteroatoms. The van der Waals surface area contributed by atoms with Crippen LogP contribution in [0.15, 0.2) is 42.5 Å². The van der Waals surface area contributed by atoms with Crippen LogP contribution in [0.3, 0.4) is 0 Å². The molecule has 0 aliphatic heterocycles. The van der Waals surface area contributed by atoms with E-state index < -0.39 is 0 Å². The summed E-state index contributed by atoms with van der Waals surface area (Å²) >= 11 is 0. The summed E-state index contributed by atoms with van der Waals surface area (Å²) in [4.78, 5) is 10.7. The number of nitrogens with zero attached hydrogens (tertiary/aromatic N) is 1. The van der Waals surface area contributed by atoms with Gasteiger partial charge in [0.25, 0.3) is 0 Å². The molecule has 19 heavy (non-hydrogen) atoms. The molecule has 2 aromatic carbocycles. The molecule has 94 valence electrons. The highest BCUT2D eigenvalue weighted by atomic mass is 16.5. The number of ether oxygens (including phenoxy) is 1. The van der Waals surface area contributed by atoms with Crippen molar-refractivity contribution in [2.24, 2.45) is 0 Å². The molecule has 0 N–H and O–H groups in total. The lowest BCUT2D eigenvalue weighted by Gasteiger charge is -2.08. The van der Waals surface area contributed by atoms with Gasteiger partial charge in [-0.2, -0.15) is 5.26 Å². The lowest BCUT2D eigenvalue weighted by atomic mass is 10.1. The zero-order valence-electron chi connectivity index (χ0n) is 10.6. The van der Waals surface area contributed by atoms with Crippen LogP contribution < -0.4 is 4.74 Å². The number of aldehydes is 1. The van der Waals surface area contributed by atoms with E-state index in [-0.39, 0.29) is 0 Å². The average molecular weight is 251 g/mol. The maximum atomic E-state index is 10.7. The predicted octanol–water partition coefficient (Wildman–Crippen LogP) is 3.73. The van der Waals surface area contributed by atoms with E-state index in [4.69, 9.17) is 10.00 Å². The van der Waals surface area contributed by atoms with Crippen LogP contribution in [0, 0.1) is 11.3 Å². The Morgan fingerprint density at radius 3 is 2.79 bits per heavy atom. The monoisotopic (exact) mass is 251 g/mol. The maximum Gasteiger partial charge on any atom is 0.150 e.